The first-order valence-electron chi connectivity index (χ1n) is 7.47. The molecule has 0 saturated heterocycles. The maximum Gasteiger partial charge on any atom is 0.562 e. The normalized spacial score (nSPS) is 9.57. The van der Waals surface area contributed by atoms with Crippen LogP contribution in [0.3, 0.4) is 0 Å². The van der Waals surface area contributed by atoms with Gasteiger partial charge in [-0.1, -0.05) is 0 Å². The summed E-state index contributed by atoms with van der Waals surface area (Å²) in [6, 6.07) is 7.54. The minimum absolute atomic E-state index is 0.0260. The quantitative estimate of drug-likeness (QED) is 0.527. The van der Waals surface area contributed by atoms with Crippen molar-refractivity contribution in [3.63, 3.8) is 0 Å². The lowest BCUT2D eigenvalue weighted by atomic mass is 10.1. The van der Waals surface area contributed by atoms with Crippen molar-refractivity contribution in [3.8, 4) is 24.3 Å². The van der Waals surface area contributed by atoms with Crippen molar-refractivity contribution in [1.82, 2.24) is 19.1 Å². The molecule has 2 heterocycles. The number of aromatic nitrogens is 4. The van der Waals surface area contributed by atoms with Crippen LogP contribution in [0.25, 0.3) is 43.2 Å². The maximum atomic E-state index is 9.75. The third kappa shape index (κ3) is 2.08. The molecule has 0 saturated carbocycles. The Balaban J connectivity index is 2.82. The number of aryl methyl sites for hydroxylation is 2. The van der Waals surface area contributed by atoms with Gasteiger partial charge in [0.25, 0.3) is 0 Å². The molecule has 1 aromatic carbocycles. The van der Waals surface area contributed by atoms with Gasteiger partial charge < -0.3 is 9.13 Å². The van der Waals surface area contributed by atoms with Crippen molar-refractivity contribution in [2.75, 3.05) is 0 Å². The summed E-state index contributed by atoms with van der Waals surface area (Å²) in [6.45, 7) is 14.3. The van der Waals surface area contributed by atoms with E-state index in [1.54, 1.807) is 12.1 Å². The Morgan fingerprint density at radius 2 is 1.25 bits per heavy atom. The highest BCUT2D eigenvalue weighted by Crippen LogP contribution is 2.28. The van der Waals surface area contributed by atoms with Gasteiger partial charge in [0.05, 0.1) is 11.0 Å². The molecule has 0 unspecified atom stereocenters. The van der Waals surface area contributed by atoms with Crippen molar-refractivity contribution in [2.45, 2.75) is 0 Å². The van der Waals surface area contributed by atoms with Crippen molar-refractivity contribution in [3.05, 3.63) is 44.9 Å². The van der Waals surface area contributed by atoms with Crippen LogP contribution in [-0.4, -0.2) is 19.1 Å². The molecule has 0 atom stereocenters. The van der Waals surface area contributed by atoms with Gasteiger partial charge in [0.2, 0.25) is 5.48 Å². The molecule has 3 rings (SSSR count). The molecule has 0 aliphatic carbocycles. The molecule has 0 aliphatic rings. The molecule has 10 nitrogen and oxygen atoms in total. The van der Waals surface area contributed by atoms with Crippen LogP contribution < -0.4 is 11.0 Å². The Kier molecular flexibility index (Phi) is 3.96. The van der Waals surface area contributed by atoms with Crippen molar-refractivity contribution >= 4 is 33.5 Å². The van der Waals surface area contributed by atoms with Crippen LogP contribution in [0.2, 0.25) is 0 Å². The standard InChI is InChI=1S/C18H6N10/c1-23-16(24-2)18-26-13-11(8-22)14-12(10(7-21)15(13)28(18)4)25-17(27(14)3)9(5-19)6-20/h3-4H3. The minimum atomic E-state index is -0.297. The predicted molar refractivity (Wildman–Crippen MR) is 94.9 cm³/mol. The van der Waals surface area contributed by atoms with E-state index in [-0.39, 0.29) is 55.5 Å². The number of hydrogen-bond acceptors (Lipinski definition) is 6. The Morgan fingerprint density at radius 1 is 0.821 bits per heavy atom. The molecule has 128 valence electrons. The van der Waals surface area contributed by atoms with E-state index in [0.717, 1.165) is 0 Å². The highest BCUT2D eigenvalue weighted by atomic mass is 15.1. The van der Waals surface area contributed by atoms with Crippen molar-refractivity contribution in [2.24, 2.45) is 14.1 Å². The van der Waals surface area contributed by atoms with E-state index >= 15 is 0 Å². The van der Waals surface area contributed by atoms with E-state index in [2.05, 4.69) is 19.7 Å². The SMILES string of the molecule is [C-]#[N+]C([N+]#[C-])=c1nc2c(C#N)c3c(nc(=C(C#N)C#N)n3C)c(C#N)c2n1C. The summed E-state index contributed by atoms with van der Waals surface area (Å²) < 4.78 is 2.78. The van der Waals surface area contributed by atoms with E-state index in [1.807, 2.05) is 12.1 Å². The Hall–Kier alpha value is -5.16. The van der Waals surface area contributed by atoms with Gasteiger partial charge in [-0.05, 0) is 0 Å². The van der Waals surface area contributed by atoms with Gasteiger partial charge in [-0.25, -0.2) is 9.97 Å². The lowest BCUT2D eigenvalue weighted by molar-refractivity contribution is 0.893. The zero-order chi connectivity index (χ0) is 20.6. The number of fused-ring (bicyclic) bond motifs is 2. The number of nitrogens with zero attached hydrogens (tertiary/aromatic N) is 10. The highest BCUT2D eigenvalue weighted by molar-refractivity contribution is 6.04. The maximum absolute atomic E-state index is 9.75. The molecule has 0 fully saturated rings. The Bertz CT molecular complexity index is 1430. The Morgan fingerprint density at radius 3 is 1.64 bits per heavy atom. The fourth-order valence-electron chi connectivity index (χ4n) is 3.03. The second-order valence-electron chi connectivity index (χ2n) is 5.50. The summed E-state index contributed by atoms with van der Waals surface area (Å²) in [6.07, 6.45) is 0. The first-order valence-corrected chi connectivity index (χ1v) is 7.47. The molecular weight excluding hydrogens is 356 g/mol. The van der Waals surface area contributed by atoms with Crippen molar-refractivity contribution < 1.29 is 0 Å². The summed E-state index contributed by atoms with van der Waals surface area (Å²) in [5, 5.41) is 37.8. The molecule has 28 heavy (non-hydrogen) atoms. The molecule has 10 heteroatoms. The van der Waals surface area contributed by atoms with E-state index in [1.165, 1.54) is 23.2 Å². The van der Waals surface area contributed by atoms with Crippen LogP contribution in [0.15, 0.2) is 0 Å². The molecular formula is C18H6N10. The zero-order valence-electron chi connectivity index (χ0n) is 14.5. The number of benzene rings is 1. The molecule has 2 aromatic heterocycles. The smallest absolute Gasteiger partial charge is 0.329 e. The summed E-state index contributed by atoms with van der Waals surface area (Å²) >= 11 is 0. The third-order valence-corrected chi connectivity index (χ3v) is 4.22. The van der Waals surface area contributed by atoms with Crippen LogP contribution in [0, 0.1) is 58.5 Å². The lowest BCUT2D eigenvalue weighted by Gasteiger charge is -2.03. The van der Waals surface area contributed by atoms with E-state index in [0.29, 0.717) is 0 Å². The molecule has 0 bridgehead atoms. The highest BCUT2D eigenvalue weighted by Gasteiger charge is 2.25. The topological polar surface area (TPSA) is 140 Å². The molecule has 3 aromatic rings. The summed E-state index contributed by atoms with van der Waals surface area (Å²) in [4.78, 5) is 14.8. The van der Waals surface area contributed by atoms with Gasteiger partial charge in [0.15, 0.2) is 11.1 Å². The predicted octanol–water partition coefficient (Wildman–Crippen LogP) is 0.305. The fraction of sp³-hybridized carbons (Fsp3) is 0.111. The van der Waals surface area contributed by atoms with Gasteiger partial charge >= 0.3 is 5.82 Å². The number of hydrogen-bond donors (Lipinski definition) is 0. The van der Waals surface area contributed by atoms with Crippen LogP contribution in [0.1, 0.15) is 11.1 Å². The first kappa shape index (κ1) is 17.7. The zero-order valence-corrected chi connectivity index (χ0v) is 14.5. The minimum Gasteiger partial charge on any atom is -0.329 e. The van der Waals surface area contributed by atoms with Gasteiger partial charge in [0, 0.05) is 14.1 Å². The summed E-state index contributed by atoms with van der Waals surface area (Å²) in [5.41, 5.74) is 0.678. The van der Waals surface area contributed by atoms with Crippen LogP contribution in [0.4, 0.5) is 0 Å². The number of nitriles is 4. The largest absolute Gasteiger partial charge is 0.562 e. The van der Waals surface area contributed by atoms with Crippen LogP contribution in [0.5, 0.6) is 0 Å². The lowest BCUT2D eigenvalue weighted by Crippen LogP contribution is -2.18. The molecule has 0 spiro atoms. The van der Waals surface area contributed by atoms with Gasteiger partial charge in [-0.2, -0.15) is 30.7 Å². The number of imidazole rings is 2. The van der Waals surface area contributed by atoms with Gasteiger partial charge in [-0.3, -0.25) is 0 Å². The van der Waals surface area contributed by atoms with Crippen LogP contribution in [-0.2, 0) is 14.1 Å². The monoisotopic (exact) mass is 362 g/mol. The molecule has 0 N–H and O–H groups in total. The summed E-state index contributed by atoms with van der Waals surface area (Å²) in [7, 11) is 3.05. The number of rotatable bonds is 0. The average Bonchev–Trinajstić information content (AvgIpc) is 3.21. The van der Waals surface area contributed by atoms with E-state index < -0.39 is 0 Å². The Labute approximate surface area is 157 Å². The average molecular weight is 362 g/mol. The van der Waals surface area contributed by atoms with Gasteiger partial charge in [-0.15, -0.1) is 0 Å². The first-order chi connectivity index (χ1) is 13.5. The van der Waals surface area contributed by atoms with Crippen molar-refractivity contribution in [1.29, 1.82) is 21.0 Å². The molecule has 0 amide bonds. The second kappa shape index (κ2) is 6.29. The third-order valence-electron chi connectivity index (χ3n) is 4.22. The molecule has 0 aliphatic heterocycles. The van der Waals surface area contributed by atoms with Crippen LogP contribution >= 0.6 is 0 Å². The van der Waals surface area contributed by atoms with E-state index in [9.17, 15) is 10.5 Å². The summed E-state index contributed by atoms with van der Waals surface area (Å²) in [5.74, 6) is -0.297. The van der Waals surface area contributed by atoms with E-state index in [4.69, 9.17) is 23.7 Å². The van der Waals surface area contributed by atoms with Gasteiger partial charge in [0.1, 0.15) is 59.6 Å². The molecule has 0 radical (unpaired) electrons. The second-order valence-corrected chi connectivity index (χ2v) is 5.50. The fourth-order valence-corrected chi connectivity index (χ4v) is 3.03.